The Morgan fingerprint density at radius 1 is 0.464 bits per heavy atom. The smallest absolute Gasteiger partial charge is 0.0690 e. The van der Waals surface area contributed by atoms with Crippen LogP contribution in [-0.2, 0) is 0 Å². The average Bonchev–Trinajstić information content (AvgIpc) is 3.41. The predicted octanol–water partition coefficient (Wildman–Crippen LogP) is 6.22. The number of hydrogen-bond acceptors (Lipinski definition) is 2. The van der Waals surface area contributed by atoms with E-state index in [9.17, 15) is 0 Å². The molecule has 3 aromatic rings. The van der Waals surface area contributed by atoms with Crippen molar-refractivity contribution in [3.05, 3.63) is 71.3 Å². The average molecular weight is 366 g/mol. The van der Waals surface area contributed by atoms with Gasteiger partial charge >= 0.3 is 0 Å². The van der Waals surface area contributed by atoms with Crippen LogP contribution in [0.15, 0.2) is 48.5 Å². The summed E-state index contributed by atoms with van der Waals surface area (Å²) in [5.74, 6) is 0. The molecule has 0 amide bonds. The van der Waals surface area contributed by atoms with Gasteiger partial charge in [-0.1, -0.05) is 0 Å². The molecule has 0 unspecified atom stereocenters. The number of rotatable bonds is 0. The Kier molecular flexibility index (Phi) is 3.63. The Balaban J connectivity index is 1.90. The van der Waals surface area contributed by atoms with Crippen LogP contribution in [0.25, 0.3) is 44.4 Å². The van der Waals surface area contributed by atoms with E-state index in [1.54, 1.807) is 0 Å². The van der Waals surface area contributed by atoms with Crippen molar-refractivity contribution in [2.24, 2.45) is 0 Å². The van der Waals surface area contributed by atoms with Gasteiger partial charge in [0.25, 0.3) is 0 Å². The molecule has 3 aromatic heterocycles. The van der Waals surface area contributed by atoms with Crippen LogP contribution in [0.3, 0.4) is 0 Å². The largest absolute Gasteiger partial charge is 0.355 e. The molecule has 2 N–H and O–H groups in total. The van der Waals surface area contributed by atoms with E-state index in [0.29, 0.717) is 0 Å². The molecule has 8 bridgehead atoms. The van der Waals surface area contributed by atoms with Crippen molar-refractivity contribution >= 4 is 44.4 Å². The van der Waals surface area contributed by atoms with Crippen LogP contribution in [0.5, 0.6) is 0 Å². The van der Waals surface area contributed by atoms with Gasteiger partial charge in [0, 0.05) is 22.1 Å². The van der Waals surface area contributed by atoms with Gasteiger partial charge < -0.3 is 9.97 Å². The second kappa shape index (κ2) is 6.06. The fourth-order valence-corrected chi connectivity index (χ4v) is 3.71. The van der Waals surface area contributed by atoms with E-state index < -0.39 is 0 Å². The Hall–Kier alpha value is -3.40. The van der Waals surface area contributed by atoms with E-state index in [1.165, 1.54) is 22.3 Å². The summed E-state index contributed by atoms with van der Waals surface area (Å²) in [6, 6.07) is 16.8. The summed E-state index contributed by atoms with van der Waals surface area (Å²) in [7, 11) is 0. The summed E-state index contributed by atoms with van der Waals surface area (Å²) >= 11 is 0. The van der Waals surface area contributed by atoms with Crippen LogP contribution in [0.2, 0.25) is 0 Å². The zero-order valence-electron chi connectivity index (χ0n) is 16.5. The molecule has 0 spiro atoms. The van der Waals surface area contributed by atoms with Crippen LogP contribution < -0.4 is 0 Å². The lowest BCUT2D eigenvalue weighted by atomic mass is 10.1. The van der Waals surface area contributed by atoms with Gasteiger partial charge in [0.15, 0.2) is 0 Å². The van der Waals surface area contributed by atoms with Gasteiger partial charge in [-0.25, -0.2) is 9.97 Å². The van der Waals surface area contributed by atoms with E-state index in [0.717, 1.165) is 44.8 Å². The molecular weight excluding hydrogens is 344 g/mol. The molecule has 2 aliphatic heterocycles. The first-order valence-corrected chi connectivity index (χ1v) is 9.53. The van der Waals surface area contributed by atoms with Crippen molar-refractivity contribution in [1.29, 1.82) is 0 Å². The Bertz CT molecular complexity index is 1150. The van der Waals surface area contributed by atoms with E-state index >= 15 is 0 Å². The minimum Gasteiger partial charge on any atom is -0.355 e. The molecule has 138 valence electrons. The summed E-state index contributed by atoms with van der Waals surface area (Å²) < 4.78 is 0. The zero-order chi connectivity index (χ0) is 19.4. The van der Waals surface area contributed by atoms with Gasteiger partial charge in [0.1, 0.15) is 0 Å². The maximum absolute atomic E-state index is 4.86. The van der Waals surface area contributed by atoms with Crippen LogP contribution in [0, 0.1) is 0 Å². The minimum atomic E-state index is 1.00. The van der Waals surface area contributed by atoms with Gasteiger partial charge in [0.05, 0.1) is 22.8 Å². The number of H-pyrrole nitrogens is 2. The van der Waals surface area contributed by atoms with Crippen LogP contribution in [0.4, 0.5) is 0 Å². The lowest BCUT2D eigenvalue weighted by molar-refractivity contribution is 1.29. The van der Waals surface area contributed by atoms with Crippen LogP contribution in [0.1, 0.15) is 50.5 Å². The van der Waals surface area contributed by atoms with Crippen molar-refractivity contribution in [2.45, 2.75) is 27.7 Å². The molecule has 28 heavy (non-hydrogen) atoms. The molecule has 0 radical (unpaired) electrons. The van der Waals surface area contributed by atoms with E-state index in [2.05, 4.69) is 86.2 Å². The normalized spacial score (nSPS) is 14.1. The van der Waals surface area contributed by atoms with Gasteiger partial charge in [-0.15, -0.1) is 0 Å². The molecule has 0 saturated heterocycles. The van der Waals surface area contributed by atoms with Crippen molar-refractivity contribution in [1.82, 2.24) is 19.9 Å². The third-order valence-corrected chi connectivity index (χ3v) is 5.77. The number of aromatic amines is 2. The molecule has 5 heterocycles. The molecule has 0 atom stereocenters. The van der Waals surface area contributed by atoms with Crippen molar-refractivity contribution in [2.75, 3.05) is 0 Å². The first-order valence-electron chi connectivity index (χ1n) is 9.53. The fourth-order valence-electron chi connectivity index (χ4n) is 3.71. The van der Waals surface area contributed by atoms with Crippen molar-refractivity contribution < 1.29 is 0 Å². The molecule has 0 aliphatic carbocycles. The quantitative estimate of drug-likeness (QED) is 0.496. The molecule has 0 aromatic carbocycles. The molecule has 5 rings (SSSR count). The van der Waals surface area contributed by atoms with Gasteiger partial charge in [-0.05, 0) is 98.5 Å². The SMILES string of the molecule is CC1=C(C)c2cc3ccc(cc4nc(cc5ccc(cc1n2)[nH]5)C(C)=C4C)[nH]3. The number of allylic oxidation sites excluding steroid dienone is 4. The standard InChI is InChI=1S/C24H22N4/c1-13-14(2)22-10-18-7-8-20(26-18)12-24-16(4)15(3)23(28-24)11-19-6-5-17(25-19)9-21(13)27-22/h5-12,25-26H,1-4H3. The first-order chi connectivity index (χ1) is 13.5. The van der Waals surface area contributed by atoms with Crippen molar-refractivity contribution in [3.8, 4) is 0 Å². The van der Waals surface area contributed by atoms with Crippen molar-refractivity contribution in [3.63, 3.8) is 0 Å². The molecule has 0 fully saturated rings. The fraction of sp³-hybridized carbons (Fsp3) is 0.167. The van der Waals surface area contributed by atoms with E-state index in [1.807, 2.05) is 0 Å². The van der Waals surface area contributed by atoms with Gasteiger partial charge in [0.2, 0.25) is 0 Å². The Morgan fingerprint density at radius 3 is 0.964 bits per heavy atom. The predicted molar refractivity (Wildman–Crippen MR) is 117 cm³/mol. The van der Waals surface area contributed by atoms with Crippen LogP contribution >= 0.6 is 0 Å². The topological polar surface area (TPSA) is 57.4 Å². The number of nitrogens with zero attached hydrogens (tertiary/aromatic N) is 2. The maximum atomic E-state index is 4.86. The highest BCUT2D eigenvalue weighted by atomic mass is 14.8. The Morgan fingerprint density at radius 2 is 0.714 bits per heavy atom. The Labute approximate surface area is 163 Å². The highest BCUT2D eigenvalue weighted by Crippen LogP contribution is 2.31. The third-order valence-electron chi connectivity index (χ3n) is 5.77. The molecule has 4 nitrogen and oxygen atoms in total. The van der Waals surface area contributed by atoms with Gasteiger partial charge in [-0.2, -0.15) is 0 Å². The van der Waals surface area contributed by atoms with Crippen LogP contribution in [-0.4, -0.2) is 19.9 Å². The molecular formula is C24H22N4. The highest BCUT2D eigenvalue weighted by molar-refractivity contribution is 5.92. The number of hydrogen-bond donors (Lipinski definition) is 2. The van der Waals surface area contributed by atoms with E-state index in [4.69, 9.17) is 9.97 Å². The summed E-state index contributed by atoms with van der Waals surface area (Å²) in [5, 5.41) is 0. The molecule has 0 saturated carbocycles. The summed E-state index contributed by atoms with van der Waals surface area (Å²) in [6.45, 7) is 8.52. The monoisotopic (exact) mass is 366 g/mol. The molecule has 2 aliphatic rings. The van der Waals surface area contributed by atoms with Gasteiger partial charge in [-0.3, -0.25) is 0 Å². The second-order valence-electron chi connectivity index (χ2n) is 7.58. The lowest BCUT2D eigenvalue weighted by Crippen LogP contribution is -1.78. The minimum absolute atomic E-state index is 1.00. The number of aromatic nitrogens is 4. The summed E-state index contributed by atoms with van der Waals surface area (Å²) in [5.41, 5.74) is 13.0. The third kappa shape index (κ3) is 2.69. The zero-order valence-corrected chi connectivity index (χ0v) is 16.5. The lowest BCUT2D eigenvalue weighted by Gasteiger charge is -1.94. The maximum Gasteiger partial charge on any atom is 0.0690 e. The number of fused-ring (bicyclic) bond motifs is 8. The summed E-state index contributed by atoms with van der Waals surface area (Å²) in [4.78, 5) is 16.7. The first kappa shape index (κ1) is 16.8. The summed E-state index contributed by atoms with van der Waals surface area (Å²) in [6.07, 6.45) is 0. The van der Waals surface area contributed by atoms with E-state index in [-0.39, 0.29) is 0 Å². The second-order valence-corrected chi connectivity index (χ2v) is 7.58. The number of nitrogens with one attached hydrogen (secondary N) is 2. The molecule has 4 heteroatoms. The highest BCUT2D eigenvalue weighted by Gasteiger charge is 2.14.